The molecule has 4 aliphatic rings. The van der Waals surface area contributed by atoms with Gasteiger partial charge in [-0.1, -0.05) is 72.0 Å². The van der Waals surface area contributed by atoms with Gasteiger partial charge >= 0.3 is 0 Å². The van der Waals surface area contributed by atoms with Gasteiger partial charge in [-0.3, -0.25) is 0 Å². The smallest absolute Gasteiger partial charge is 0.0545 e. The van der Waals surface area contributed by atoms with Crippen LogP contribution in [-0.4, -0.2) is 11.2 Å². The second-order valence-electron chi connectivity index (χ2n) is 12.8. The zero-order chi connectivity index (χ0) is 21.0. The van der Waals surface area contributed by atoms with Gasteiger partial charge in [0.05, 0.1) is 6.10 Å². The molecule has 166 valence electrons. The SMILES string of the molecule is CC(C)CCC[C@@H](C)[C@H]1CCC2=C3CC[C@]4(C)C[C@@H](O)CC[C@]4(C)[C@H]3CC[C@@]21C. The van der Waals surface area contributed by atoms with Gasteiger partial charge in [0.25, 0.3) is 0 Å². The molecule has 0 aromatic rings. The van der Waals surface area contributed by atoms with Gasteiger partial charge in [-0.2, -0.15) is 0 Å². The Bertz CT molecular complexity index is 647. The van der Waals surface area contributed by atoms with Crippen molar-refractivity contribution >= 4 is 0 Å². The third kappa shape index (κ3) is 3.46. The number of aliphatic hydroxyl groups is 1. The van der Waals surface area contributed by atoms with Crippen LogP contribution in [0.1, 0.15) is 119 Å². The van der Waals surface area contributed by atoms with Gasteiger partial charge in [0.15, 0.2) is 0 Å². The minimum Gasteiger partial charge on any atom is -0.393 e. The van der Waals surface area contributed by atoms with Crippen molar-refractivity contribution < 1.29 is 5.11 Å². The first-order chi connectivity index (χ1) is 13.6. The molecule has 7 atom stereocenters. The first kappa shape index (κ1) is 21.9. The van der Waals surface area contributed by atoms with Gasteiger partial charge in [0, 0.05) is 0 Å². The zero-order valence-electron chi connectivity index (χ0n) is 20.3. The molecule has 4 rings (SSSR count). The minimum absolute atomic E-state index is 0.0568. The molecule has 29 heavy (non-hydrogen) atoms. The fourth-order valence-electron chi connectivity index (χ4n) is 8.83. The number of allylic oxidation sites excluding steroid dienone is 2. The lowest BCUT2D eigenvalue weighted by Gasteiger charge is -2.62. The fraction of sp³-hybridized carbons (Fsp3) is 0.929. The molecule has 3 fully saturated rings. The largest absolute Gasteiger partial charge is 0.393 e. The summed E-state index contributed by atoms with van der Waals surface area (Å²) in [4.78, 5) is 0. The Morgan fingerprint density at radius 3 is 2.41 bits per heavy atom. The van der Waals surface area contributed by atoms with E-state index < -0.39 is 0 Å². The molecule has 0 amide bonds. The third-order valence-corrected chi connectivity index (χ3v) is 10.9. The molecule has 0 unspecified atom stereocenters. The Labute approximate surface area is 181 Å². The molecule has 0 aliphatic heterocycles. The molecular weight excluding hydrogens is 352 g/mol. The standard InChI is InChI=1S/C28H48O/c1-19(2)8-7-9-20(3)23-10-11-24-22-13-15-26(4)18-21(29)12-17-28(26,6)25(22)14-16-27(23,24)5/h19-21,23,25,29H,7-18H2,1-6H3/t20-,21+,23-,25+,26-,27-,28-/m1/s1. The van der Waals surface area contributed by atoms with Crippen LogP contribution in [0.25, 0.3) is 0 Å². The molecule has 0 spiro atoms. The van der Waals surface area contributed by atoms with E-state index in [0.717, 1.165) is 36.5 Å². The Balaban J connectivity index is 1.57. The van der Waals surface area contributed by atoms with Gasteiger partial charge in [0.2, 0.25) is 0 Å². The van der Waals surface area contributed by atoms with E-state index in [-0.39, 0.29) is 6.10 Å². The maximum absolute atomic E-state index is 10.4. The summed E-state index contributed by atoms with van der Waals surface area (Å²) in [5, 5.41) is 10.4. The highest BCUT2D eigenvalue weighted by Gasteiger charge is 2.59. The maximum Gasteiger partial charge on any atom is 0.0545 e. The second kappa shape index (κ2) is 7.68. The van der Waals surface area contributed by atoms with Crippen molar-refractivity contribution in [3.05, 3.63) is 11.1 Å². The first-order valence-electron chi connectivity index (χ1n) is 13.0. The van der Waals surface area contributed by atoms with E-state index in [4.69, 9.17) is 0 Å². The van der Waals surface area contributed by atoms with Crippen molar-refractivity contribution in [1.82, 2.24) is 0 Å². The molecule has 0 bridgehead atoms. The summed E-state index contributed by atoms with van der Waals surface area (Å²) in [6.07, 6.45) is 15.8. The van der Waals surface area contributed by atoms with Crippen molar-refractivity contribution in [2.24, 2.45) is 39.9 Å². The van der Waals surface area contributed by atoms with Crippen molar-refractivity contribution in [2.45, 2.75) is 125 Å². The highest BCUT2D eigenvalue weighted by atomic mass is 16.3. The van der Waals surface area contributed by atoms with Crippen LogP contribution in [0.15, 0.2) is 11.1 Å². The molecule has 1 N–H and O–H groups in total. The van der Waals surface area contributed by atoms with Crippen LogP contribution < -0.4 is 0 Å². The number of rotatable bonds is 5. The van der Waals surface area contributed by atoms with E-state index in [1.807, 2.05) is 11.1 Å². The van der Waals surface area contributed by atoms with Crippen LogP contribution >= 0.6 is 0 Å². The maximum atomic E-state index is 10.4. The summed E-state index contributed by atoms with van der Waals surface area (Å²) < 4.78 is 0. The fourth-order valence-corrected chi connectivity index (χ4v) is 8.83. The van der Waals surface area contributed by atoms with Crippen molar-refractivity contribution in [3.63, 3.8) is 0 Å². The van der Waals surface area contributed by atoms with Gasteiger partial charge in [-0.15, -0.1) is 0 Å². The van der Waals surface area contributed by atoms with E-state index >= 15 is 0 Å². The normalized spacial score (nSPS) is 45.7. The second-order valence-corrected chi connectivity index (χ2v) is 12.8. The monoisotopic (exact) mass is 400 g/mol. The van der Waals surface area contributed by atoms with E-state index in [1.54, 1.807) is 0 Å². The predicted molar refractivity (Wildman–Crippen MR) is 124 cm³/mol. The zero-order valence-corrected chi connectivity index (χ0v) is 20.3. The molecule has 0 aromatic heterocycles. The Hall–Kier alpha value is -0.300. The van der Waals surface area contributed by atoms with Crippen molar-refractivity contribution in [3.8, 4) is 0 Å². The molecule has 3 saturated carbocycles. The Morgan fingerprint density at radius 2 is 1.69 bits per heavy atom. The Kier molecular flexibility index (Phi) is 5.81. The summed E-state index contributed by atoms with van der Waals surface area (Å²) in [6.45, 7) is 15.1. The van der Waals surface area contributed by atoms with Crippen LogP contribution in [0.5, 0.6) is 0 Å². The van der Waals surface area contributed by atoms with E-state index in [0.29, 0.717) is 16.2 Å². The number of hydrogen-bond acceptors (Lipinski definition) is 1. The third-order valence-electron chi connectivity index (χ3n) is 10.9. The summed E-state index contributed by atoms with van der Waals surface area (Å²) in [6, 6.07) is 0. The molecule has 0 saturated heterocycles. The van der Waals surface area contributed by atoms with Gasteiger partial charge in [-0.25, -0.2) is 0 Å². The van der Waals surface area contributed by atoms with Gasteiger partial charge in [0.1, 0.15) is 0 Å². The molecule has 1 heteroatoms. The highest BCUT2D eigenvalue weighted by Crippen LogP contribution is 2.69. The van der Waals surface area contributed by atoms with E-state index in [9.17, 15) is 5.11 Å². The first-order valence-corrected chi connectivity index (χ1v) is 13.0. The molecule has 4 aliphatic carbocycles. The molecule has 0 aromatic carbocycles. The quantitative estimate of drug-likeness (QED) is 0.465. The van der Waals surface area contributed by atoms with Crippen molar-refractivity contribution in [2.75, 3.05) is 0 Å². The van der Waals surface area contributed by atoms with Crippen LogP contribution in [0.4, 0.5) is 0 Å². The summed E-state index contributed by atoms with van der Waals surface area (Å²) in [5.74, 6) is 3.43. The Morgan fingerprint density at radius 1 is 0.931 bits per heavy atom. The van der Waals surface area contributed by atoms with Crippen LogP contribution in [0, 0.1) is 39.9 Å². The van der Waals surface area contributed by atoms with Crippen LogP contribution in [0.3, 0.4) is 0 Å². The van der Waals surface area contributed by atoms with Crippen LogP contribution in [-0.2, 0) is 0 Å². The van der Waals surface area contributed by atoms with Crippen LogP contribution in [0.2, 0.25) is 0 Å². The van der Waals surface area contributed by atoms with Crippen molar-refractivity contribution in [1.29, 1.82) is 0 Å². The van der Waals surface area contributed by atoms with E-state index in [1.165, 1.54) is 64.2 Å². The lowest BCUT2D eigenvalue weighted by molar-refractivity contribution is -0.101. The van der Waals surface area contributed by atoms with Gasteiger partial charge in [-0.05, 0) is 97.7 Å². The lowest BCUT2D eigenvalue weighted by atomic mass is 9.43. The molecule has 0 radical (unpaired) electrons. The molecule has 0 heterocycles. The average molecular weight is 401 g/mol. The van der Waals surface area contributed by atoms with E-state index in [2.05, 4.69) is 41.5 Å². The number of aliphatic hydroxyl groups excluding tert-OH is 1. The lowest BCUT2D eigenvalue weighted by Crippen LogP contribution is -2.54. The topological polar surface area (TPSA) is 20.2 Å². The predicted octanol–water partition coefficient (Wildman–Crippen LogP) is 7.92. The number of fused-ring (bicyclic) bond motifs is 4. The average Bonchev–Trinajstić information content (AvgIpc) is 2.99. The highest BCUT2D eigenvalue weighted by molar-refractivity contribution is 5.35. The molecular formula is C28H48O. The van der Waals surface area contributed by atoms with Gasteiger partial charge < -0.3 is 5.11 Å². The summed E-state index contributed by atoms with van der Waals surface area (Å²) in [7, 11) is 0. The minimum atomic E-state index is -0.0568. The number of hydrogen-bond donors (Lipinski definition) is 1. The summed E-state index contributed by atoms with van der Waals surface area (Å²) in [5.41, 5.74) is 5.07. The summed E-state index contributed by atoms with van der Waals surface area (Å²) >= 11 is 0. The molecule has 1 nitrogen and oxygen atoms in total.